The molecule has 0 aromatic carbocycles. The van der Waals surface area contributed by atoms with E-state index in [4.69, 9.17) is 0 Å². The fraction of sp³-hybridized carbons (Fsp3) is 0.850. The molecule has 0 saturated heterocycles. The molecule has 0 spiro atoms. The summed E-state index contributed by atoms with van der Waals surface area (Å²) in [5.74, 6) is -6.56. The molecule has 0 aromatic rings. The maximum absolute atomic E-state index is 10.9. The molecule has 0 radical (unpaired) electrons. The molecule has 0 aliphatic heterocycles. The molecule has 0 aromatic heterocycles. The Hall–Kier alpha value is 0.517. The van der Waals surface area contributed by atoms with Crippen LogP contribution in [-0.2, 0) is 28.8 Å². The van der Waals surface area contributed by atoms with Crippen LogP contribution in [0.15, 0.2) is 0 Å². The predicted molar refractivity (Wildman–Crippen MR) is 250 cm³/mol. The summed E-state index contributed by atoms with van der Waals surface area (Å²) in [7, 11) is 0. The van der Waals surface area contributed by atoms with Gasteiger partial charge in [0.25, 0.3) is 0 Å². The van der Waals surface area contributed by atoms with Gasteiger partial charge in [0.15, 0.2) is 0 Å². The Bertz CT molecular complexity index is 956. The number of aliphatic carboxylic acids is 6. The summed E-state index contributed by atoms with van der Waals surface area (Å²) in [5.41, 5.74) is -4.16. The number of carbonyl (C=O) groups excluding carboxylic acids is 6. The number of hydrogen-bond donors (Lipinski definition) is 6. The first kappa shape index (κ1) is 69.6. The van der Waals surface area contributed by atoms with E-state index in [2.05, 4.69) is 89.6 Å². The number of carbonyl (C=O) groups is 6. The van der Waals surface area contributed by atoms with Crippen molar-refractivity contribution in [1.29, 1.82) is 0 Å². The van der Waals surface area contributed by atoms with Gasteiger partial charge in [-0.2, -0.15) is 75.8 Å². The van der Waals surface area contributed by atoms with E-state index in [0.29, 0.717) is 0 Å². The average molecular weight is 1170 g/mol. The molecule has 12 nitrogen and oxygen atoms in total. The minimum Gasteiger partial charge on any atom is -0.550 e. The monoisotopic (exact) mass is 1170 g/mol. The van der Waals surface area contributed by atoms with Gasteiger partial charge in [-0.15, -0.1) is 0 Å². The van der Waals surface area contributed by atoms with Crippen molar-refractivity contribution in [3.05, 3.63) is 0 Å². The second kappa shape index (κ2) is 47.5. The van der Waals surface area contributed by atoms with Crippen molar-refractivity contribution in [2.24, 2.45) is 16.2 Å². The second-order valence-corrected chi connectivity index (χ2v) is 19.8. The SMILES string of the molecule is CCCCCCC[CH2][Sn+3].CCCCCCC[CH2][Sn+3].O=C([O-])CC(CCS)(CCS)C(=O)[O-].O=C([O-])CC(CCS)(CCS)C(=O)[O-].O=C([O-])CC(CCS)(CCS)C(=O)[O-]. The number of unbranched alkanes of at least 4 members (excludes halogenated alkanes) is 10. The Balaban J connectivity index is -0.000000213. The van der Waals surface area contributed by atoms with E-state index >= 15 is 0 Å². The molecule has 0 N–H and O–H groups in total. The van der Waals surface area contributed by atoms with Crippen LogP contribution in [0.5, 0.6) is 0 Å². The maximum atomic E-state index is 10.9. The first-order chi connectivity index (χ1) is 28.3. The third-order valence-corrected chi connectivity index (χ3v) is 12.7. The Labute approximate surface area is 420 Å². The van der Waals surface area contributed by atoms with Crippen molar-refractivity contribution in [2.45, 2.75) is 158 Å². The quantitative estimate of drug-likeness (QED) is 0.0311. The van der Waals surface area contributed by atoms with Gasteiger partial charge in [0.1, 0.15) is 0 Å². The molecule has 0 fully saturated rings. The van der Waals surface area contributed by atoms with Crippen molar-refractivity contribution in [1.82, 2.24) is 0 Å². The zero-order valence-electron chi connectivity index (χ0n) is 35.6. The maximum Gasteiger partial charge on any atom is 0.0480 e. The fourth-order valence-corrected chi connectivity index (χ4v) is 9.65. The minimum atomic E-state index is -1.39. The molecule has 0 heterocycles. The summed E-state index contributed by atoms with van der Waals surface area (Å²) in [6.07, 6.45) is 16.6. The third kappa shape index (κ3) is 40.1. The zero-order valence-corrected chi connectivity index (χ0v) is 46.7. The number of thiol groups is 6. The van der Waals surface area contributed by atoms with Gasteiger partial charge in [-0.25, -0.2) is 0 Å². The van der Waals surface area contributed by atoms with Crippen molar-refractivity contribution in [3.8, 4) is 0 Å². The Morgan fingerprint density at radius 3 is 0.683 bits per heavy atom. The summed E-state index contributed by atoms with van der Waals surface area (Å²) in [5, 5.41) is 63.9. The van der Waals surface area contributed by atoms with Gasteiger partial charge in [0.2, 0.25) is 0 Å². The van der Waals surface area contributed by atoms with Gasteiger partial charge in [-0.05, 0) is 92.3 Å². The molecule has 0 bridgehead atoms. The van der Waals surface area contributed by atoms with E-state index < -0.39 is 71.3 Å². The van der Waals surface area contributed by atoms with Crippen LogP contribution in [0.25, 0.3) is 0 Å². The standard InChI is InChI=1S/3C8H14O4S2.2C8H17.2Sn/c3*9-6(10)5-8(1-3-13,2-4-14)7(11)12;2*1-3-5-7-8-6-4-2;;/h3*13-14H,1-5H2,(H,9,10)(H,11,12);2*1,3-8H2,2H3;;/q;;;;;2*+3/p-6. The summed E-state index contributed by atoms with van der Waals surface area (Å²) in [4.78, 5) is 63.9. The van der Waals surface area contributed by atoms with Crippen LogP contribution in [0.4, 0.5) is 0 Å². The van der Waals surface area contributed by atoms with Gasteiger partial charge in [0, 0.05) is 52.1 Å². The molecule has 0 atom stereocenters. The molecule has 0 aliphatic rings. The third-order valence-electron chi connectivity index (χ3n) is 9.35. The first-order valence-electron chi connectivity index (χ1n) is 20.5. The van der Waals surface area contributed by atoms with E-state index in [1.807, 2.05) is 0 Å². The van der Waals surface area contributed by atoms with Crippen LogP contribution in [-0.4, -0.2) is 115 Å². The number of rotatable bonds is 33. The Morgan fingerprint density at radius 1 is 0.367 bits per heavy atom. The molecule has 60 heavy (non-hydrogen) atoms. The molecule has 0 unspecified atom stereocenters. The molecule has 0 saturated carbocycles. The van der Waals surface area contributed by atoms with Gasteiger partial charge in [-0.1, -0.05) is 0 Å². The number of carboxylic acids is 6. The Morgan fingerprint density at radius 2 is 0.550 bits per heavy atom. The first-order valence-corrected chi connectivity index (χ1v) is 28.3. The number of carboxylic acid groups (broad SMARTS) is 6. The predicted octanol–water partition coefficient (Wildman–Crippen LogP) is 1.37. The van der Waals surface area contributed by atoms with Crippen LogP contribution < -0.4 is 30.6 Å². The van der Waals surface area contributed by atoms with E-state index in [-0.39, 0.29) is 73.0 Å². The van der Waals surface area contributed by atoms with Crippen LogP contribution in [0.3, 0.4) is 0 Å². The normalized spacial score (nSPS) is 10.9. The molecule has 0 rings (SSSR count). The molecular weight excluding hydrogens is 1100 g/mol. The van der Waals surface area contributed by atoms with Gasteiger partial charge >= 0.3 is 145 Å². The largest absolute Gasteiger partial charge is 0.550 e. The van der Waals surface area contributed by atoms with E-state index in [1.54, 1.807) is 45.0 Å². The fourth-order valence-electron chi connectivity index (χ4n) is 5.66. The molecule has 346 valence electrons. The summed E-state index contributed by atoms with van der Waals surface area (Å²) in [6, 6.07) is 0. The van der Waals surface area contributed by atoms with Crippen LogP contribution in [0.2, 0.25) is 8.87 Å². The van der Waals surface area contributed by atoms with E-state index in [0.717, 1.165) is 0 Å². The molecule has 0 aliphatic carbocycles. The molecule has 0 amide bonds. The van der Waals surface area contributed by atoms with E-state index in [1.165, 1.54) is 85.9 Å². The van der Waals surface area contributed by atoms with Crippen LogP contribution in [0.1, 0.15) is 149 Å². The summed E-state index contributed by atoms with van der Waals surface area (Å²) >= 11 is 26.8. The van der Waals surface area contributed by atoms with Crippen molar-refractivity contribution < 1.29 is 59.4 Å². The average Bonchev–Trinajstić information content (AvgIpc) is 3.15. The minimum absolute atomic E-state index is 0.146. The van der Waals surface area contributed by atoms with Gasteiger partial charge in [-0.3, -0.25) is 0 Å². The second-order valence-electron chi connectivity index (χ2n) is 14.2. The van der Waals surface area contributed by atoms with Crippen molar-refractivity contribution in [2.75, 3.05) is 34.5 Å². The summed E-state index contributed by atoms with van der Waals surface area (Å²) in [6.45, 7) is 4.54. The van der Waals surface area contributed by atoms with Crippen molar-refractivity contribution in [3.63, 3.8) is 0 Å². The zero-order chi connectivity index (χ0) is 47.5. The van der Waals surface area contributed by atoms with E-state index in [9.17, 15) is 59.4 Å². The van der Waals surface area contributed by atoms with Crippen molar-refractivity contribution >= 4 is 157 Å². The van der Waals surface area contributed by atoms with Crippen LogP contribution >= 0.6 is 75.8 Å². The summed E-state index contributed by atoms with van der Waals surface area (Å²) < 4.78 is 2.91. The Kier molecular flexibility index (Phi) is 55.0. The van der Waals surface area contributed by atoms with Gasteiger partial charge in [0.05, 0.1) is 0 Å². The number of hydrogen-bond acceptors (Lipinski definition) is 18. The topological polar surface area (TPSA) is 241 Å². The smallest absolute Gasteiger partial charge is 0.0480 e. The molecule has 20 heteroatoms. The van der Waals surface area contributed by atoms with Gasteiger partial charge < -0.3 is 59.4 Å². The molecular formula is C40H70O12S6Sn2. The van der Waals surface area contributed by atoms with Crippen LogP contribution in [0, 0.1) is 16.2 Å².